The van der Waals surface area contributed by atoms with Crippen molar-refractivity contribution in [2.45, 2.75) is 11.5 Å². The standard InChI is InChI=1S/C22H20N4O3S2/c1-26-12-18(11-23-26)22-25-20(13-30-22)15-31(28,29)14-16-6-5-7-17(10-16)21(27)24-19-8-3-2-4-9-19/h2-13H,14-15H2,1H3,(H,24,27). The fraction of sp³-hybridized carbons (Fsp3) is 0.136. The van der Waals surface area contributed by atoms with Crippen LogP contribution in [-0.4, -0.2) is 29.1 Å². The van der Waals surface area contributed by atoms with E-state index in [-0.39, 0.29) is 17.4 Å². The number of sulfone groups is 1. The summed E-state index contributed by atoms with van der Waals surface area (Å²) in [6.45, 7) is 0. The number of hydrogen-bond donors (Lipinski definition) is 1. The summed E-state index contributed by atoms with van der Waals surface area (Å²) in [7, 11) is -1.64. The normalized spacial score (nSPS) is 11.4. The van der Waals surface area contributed by atoms with E-state index < -0.39 is 9.84 Å². The van der Waals surface area contributed by atoms with Crippen molar-refractivity contribution >= 4 is 32.8 Å². The number of benzene rings is 2. The molecule has 0 fully saturated rings. The fourth-order valence-corrected chi connectivity index (χ4v) is 5.38. The van der Waals surface area contributed by atoms with Gasteiger partial charge < -0.3 is 5.32 Å². The van der Waals surface area contributed by atoms with Crippen molar-refractivity contribution in [3.8, 4) is 10.6 Å². The molecule has 2 aromatic heterocycles. The molecule has 0 aliphatic carbocycles. The average molecular weight is 453 g/mol. The Bertz CT molecular complexity index is 1310. The van der Waals surface area contributed by atoms with Crippen molar-refractivity contribution < 1.29 is 13.2 Å². The number of amides is 1. The Kier molecular flexibility index (Phi) is 5.97. The van der Waals surface area contributed by atoms with Crippen molar-refractivity contribution in [1.82, 2.24) is 14.8 Å². The number of carbonyl (C=O) groups is 1. The van der Waals surface area contributed by atoms with Crippen molar-refractivity contribution in [1.29, 1.82) is 0 Å². The number of nitrogens with zero attached hydrogens (tertiary/aromatic N) is 3. The van der Waals surface area contributed by atoms with Crippen LogP contribution in [0.25, 0.3) is 10.6 Å². The van der Waals surface area contributed by atoms with Crippen LogP contribution in [-0.2, 0) is 28.4 Å². The maximum atomic E-state index is 12.7. The molecule has 0 saturated heterocycles. The van der Waals surface area contributed by atoms with E-state index in [2.05, 4.69) is 15.4 Å². The first kappa shape index (κ1) is 21.0. The molecule has 0 saturated carbocycles. The van der Waals surface area contributed by atoms with Gasteiger partial charge in [0, 0.05) is 35.4 Å². The summed E-state index contributed by atoms with van der Waals surface area (Å²) < 4.78 is 27.2. The first-order valence-corrected chi connectivity index (χ1v) is 12.2. The SMILES string of the molecule is Cn1cc(-c2nc(CS(=O)(=O)Cc3cccc(C(=O)Nc4ccccc4)c3)cs2)cn1. The molecule has 158 valence electrons. The van der Waals surface area contributed by atoms with E-state index in [0.29, 0.717) is 22.5 Å². The lowest BCUT2D eigenvalue weighted by Crippen LogP contribution is -2.13. The Morgan fingerprint density at radius 3 is 2.65 bits per heavy atom. The second-order valence-electron chi connectivity index (χ2n) is 7.10. The predicted molar refractivity (Wildman–Crippen MR) is 121 cm³/mol. The van der Waals surface area contributed by atoms with Crippen molar-refractivity contribution in [3.05, 3.63) is 89.2 Å². The number of thiazole rings is 1. The van der Waals surface area contributed by atoms with Gasteiger partial charge >= 0.3 is 0 Å². The van der Waals surface area contributed by atoms with Gasteiger partial charge in [0.2, 0.25) is 0 Å². The second kappa shape index (κ2) is 8.83. The Morgan fingerprint density at radius 1 is 1.10 bits per heavy atom. The zero-order valence-electron chi connectivity index (χ0n) is 16.7. The summed E-state index contributed by atoms with van der Waals surface area (Å²) in [5, 5.41) is 9.41. The minimum absolute atomic E-state index is 0.162. The molecule has 0 unspecified atom stereocenters. The van der Waals surface area contributed by atoms with Gasteiger partial charge in [0.25, 0.3) is 5.91 Å². The smallest absolute Gasteiger partial charge is 0.255 e. The molecule has 2 heterocycles. The molecular formula is C22H20N4O3S2. The lowest BCUT2D eigenvalue weighted by atomic mass is 10.1. The zero-order chi connectivity index (χ0) is 21.8. The van der Waals surface area contributed by atoms with Gasteiger partial charge in [-0.1, -0.05) is 30.3 Å². The minimum atomic E-state index is -3.46. The summed E-state index contributed by atoms with van der Waals surface area (Å²) >= 11 is 1.39. The molecule has 0 spiro atoms. The molecule has 0 radical (unpaired) electrons. The van der Waals surface area contributed by atoms with Crippen LogP contribution < -0.4 is 5.32 Å². The molecular weight excluding hydrogens is 432 g/mol. The molecule has 4 rings (SSSR count). The molecule has 0 aliphatic heterocycles. The lowest BCUT2D eigenvalue weighted by Gasteiger charge is -2.07. The quantitative estimate of drug-likeness (QED) is 0.459. The number of hydrogen-bond acceptors (Lipinski definition) is 6. The van der Waals surface area contributed by atoms with E-state index in [1.165, 1.54) is 11.3 Å². The first-order valence-electron chi connectivity index (χ1n) is 9.47. The van der Waals surface area contributed by atoms with Gasteiger partial charge in [0.1, 0.15) is 5.01 Å². The molecule has 9 heteroatoms. The van der Waals surface area contributed by atoms with Crippen LogP contribution in [0, 0.1) is 0 Å². The third kappa shape index (κ3) is 5.44. The van der Waals surface area contributed by atoms with Crippen LogP contribution in [0.5, 0.6) is 0 Å². The maximum absolute atomic E-state index is 12.7. The fourth-order valence-electron chi connectivity index (χ4n) is 3.09. The van der Waals surface area contributed by atoms with E-state index in [4.69, 9.17) is 0 Å². The minimum Gasteiger partial charge on any atom is -0.322 e. The highest BCUT2D eigenvalue weighted by atomic mass is 32.2. The molecule has 0 bridgehead atoms. The Hall–Kier alpha value is -3.30. The average Bonchev–Trinajstić information content (AvgIpc) is 3.37. The first-order chi connectivity index (χ1) is 14.9. The molecule has 4 aromatic rings. The van der Waals surface area contributed by atoms with Crippen molar-refractivity contribution in [2.24, 2.45) is 7.05 Å². The second-order valence-corrected chi connectivity index (χ2v) is 10.0. The summed E-state index contributed by atoms with van der Waals surface area (Å²) in [6, 6.07) is 15.8. The molecule has 0 aliphatic rings. The van der Waals surface area contributed by atoms with E-state index in [1.54, 1.807) is 52.7 Å². The zero-order valence-corrected chi connectivity index (χ0v) is 18.4. The lowest BCUT2D eigenvalue weighted by molar-refractivity contribution is 0.102. The number of aromatic nitrogens is 3. The van der Waals surface area contributed by atoms with Crippen LogP contribution in [0.15, 0.2) is 72.4 Å². The van der Waals surface area contributed by atoms with E-state index >= 15 is 0 Å². The third-order valence-electron chi connectivity index (χ3n) is 4.48. The van der Waals surface area contributed by atoms with Crippen LogP contribution in [0.3, 0.4) is 0 Å². The monoisotopic (exact) mass is 452 g/mol. The maximum Gasteiger partial charge on any atom is 0.255 e. The molecule has 7 nitrogen and oxygen atoms in total. The van der Waals surface area contributed by atoms with E-state index in [1.807, 2.05) is 31.4 Å². The van der Waals surface area contributed by atoms with Gasteiger partial charge in [-0.15, -0.1) is 11.3 Å². The van der Waals surface area contributed by atoms with Gasteiger partial charge in [-0.05, 0) is 29.8 Å². The van der Waals surface area contributed by atoms with E-state index in [9.17, 15) is 13.2 Å². The number of rotatable bonds is 7. The molecule has 0 atom stereocenters. The number of nitrogens with one attached hydrogen (secondary N) is 1. The Balaban J connectivity index is 1.44. The number of para-hydroxylation sites is 1. The number of anilines is 1. The molecule has 1 N–H and O–H groups in total. The van der Waals surface area contributed by atoms with Gasteiger partial charge in [0.15, 0.2) is 9.84 Å². The van der Waals surface area contributed by atoms with Crippen LogP contribution in [0.2, 0.25) is 0 Å². The van der Waals surface area contributed by atoms with Crippen LogP contribution in [0.4, 0.5) is 5.69 Å². The van der Waals surface area contributed by atoms with E-state index in [0.717, 1.165) is 10.6 Å². The Morgan fingerprint density at radius 2 is 1.90 bits per heavy atom. The van der Waals surface area contributed by atoms with Crippen molar-refractivity contribution in [3.63, 3.8) is 0 Å². The van der Waals surface area contributed by atoms with Gasteiger partial charge in [-0.3, -0.25) is 9.48 Å². The summed E-state index contributed by atoms with van der Waals surface area (Å²) in [5.74, 6) is -0.616. The van der Waals surface area contributed by atoms with Crippen molar-refractivity contribution in [2.75, 3.05) is 5.32 Å². The molecule has 1 amide bonds. The summed E-state index contributed by atoms with van der Waals surface area (Å²) in [4.78, 5) is 16.9. The molecule has 31 heavy (non-hydrogen) atoms. The van der Waals surface area contributed by atoms with Gasteiger partial charge in [-0.25, -0.2) is 13.4 Å². The Labute approximate surface area is 184 Å². The number of aryl methyl sites for hydroxylation is 1. The highest BCUT2D eigenvalue weighted by Gasteiger charge is 2.17. The number of carbonyl (C=O) groups excluding carboxylic acids is 1. The molecule has 2 aromatic carbocycles. The predicted octanol–water partition coefficient (Wildman–Crippen LogP) is 3.91. The highest BCUT2D eigenvalue weighted by molar-refractivity contribution is 7.89. The topological polar surface area (TPSA) is 94.0 Å². The third-order valence-corrected chi connectivity index (χ3v) is 6.93. The summed E-state index contributed by atoms with van der Waals surface area (Å²) in [5.41, 5.74) is 3.00. The van der Waals surface area contributed by atoms with Gasteiger partial charge in [0.05, 0.1) is 23.4 Å². The van der Waals surface area contributed by atoms with Gasteiger partial charge in [-0.2, -0.15) is 5.10 Å². The largest absolute Gasteiger partial charge is 0.322 e. The van der Waals surface area contributed by atoms with Crippen LogP contribution in [0.1, 0.15) is 21.6 Å². The highest BCUT2D eigenvalue weighted by Crippen LogP contribution is 2.24. The van der Waals surface area contributed by atoms with Crippen LogP contribution >= 0.6 is 11.3 Å². The summed E-state index contributed by atoms with van der Waals surface area (Å²) in [6.07, 6.45) is 3.53.